The van der Waals surface area contributed by atoms with Gasteiger partial charge in [-0.05, 0) is 36.0 Å². The third kappa shape index (κ3) is 3.30. The predicted octanol–water partition coefficient (Wildman–Crippen LogP) is 3.04. The first-order chi connectivity index (χ1) is 8.00. The maximum atomic E-state index is 10.8. The van der Waals surface area contributed by atoms with Gasteiger partial charge in [-0.25, -0.2) is 4.79 Å². The van der Waals surface area contributed by atoms with Crippen molar-refractivity contribution >= 4 is 21.9 Å². The molecule has 0 aliphatic heterocycles. The Morgan fingerprint density at radius 3 is 2.76 bits per heavy atom. The van der Waals surface area contributed by atoms with Crippen LogP contribution in [0.2, 0.25) is 0 Å². The Balaban J connectivity index is 1.94. The van der Waals surface area contributed by atoms with E-state index in [1.54, 1.807) is 12.1 Å². The predicted molar refractivity (Wildman–Crippen MR) is 70.1 cm³/mol. The van der Waals surface area contributed by atoms with Crippen LogP contribution in [-0.2, 0) is 6.54 Å². The van der Waals surface area contributed by atoms with Crippen molar-refractivity contribution in [2.75, 3.05) is 6.54 Å². The summed E-state index contributed by atoms with van der Waals surface area (Å²) in [5, 5.41) is 12.3. The summed E-state index contributed by atoms with van der Waals surface area (Å²) in [7, 11) is 0. The topological polar surface area (TPSA) is 49.3 Å². The number of nitrogens with one attached hydrogen (secondary N) is 1. The molecule has 1 aliphatic carbocycles. The van der Waals surface area contributed by atoms with Crippen molar-refractivity contribution in [1.82, 2.24) is 5.32 Å². The maximum Gasteiger partial charge on any atom is 0.335 e. The zero-order valence-electron chi connectivity index (χ0n) is 9.79. The molecule has 0 radical (unpaired) electrons. The van der Waals surface area contributed by atoms with E-state index in [1.807, 2.05) is 6.07 Å². The molecule has 92 valence electrons. The first-order valence-corrected chi connectivity index (χ1v) is 6.52. The van der Waals surface area contributed by atoms with Crippen LogP contribution in [0.5, 0.6) is 0 Å². The molecule has 0 spiro atoms. The van der Waals surface area contributed by atoms with E-state index < -0.39 is 5.97 Å². The molecule has 0 amide bonds. The largest absolute Gasteiger partial charge is 0.478 e. The summed E-state index contributed by atoms with van der Waals surface area (Å²) in [6.07, 6.45) is 2.61. The fraction of sp³-hybridized carbons (Fsp3) is 0.462. The van der Waals surface area contributed by atoms with Crippen LogP contribution in [0.15, 0.2) is 22.7 Å². The van der Waals surface area contributed by atoms with Crippen LogP contribution >= 0.6 is 15.9 Å². The standard InChI is InChI=1S/C13H16BrNO2/c1-13(4-5-13)8-15-7-10-3-2-9(12(16)17)6-11(10)14/h2-3,6,15H,4-5,7-8H2,1H3,(H,16,17). The zero-order chi connectivity index (χ0) is 12.5. The van der Waals surface area contributed by atoms with Gasteiger partial charge in [0.2, 0.25) is 0 Å². The first kappa shape index (κ1) is 12.6. The van der Waals surface area contributed by atoms with Gasteiger partial charge >= 0.3 is 5.97 Å². The number of carboxylic acid groups (broad SMARTS) is 1. The number of hydrogen-bond donors (Lipinski definition) is 2. The van der Waals surface area contributed by atoms with Crippen molar-refractivity contribution in [3.63, 3.8) is 0 Å². The molecule has 2 rings (SSSR count). The Morgan fingerprint density at radius 2 is 2.24 bits per heavy atom. The van der Waals surface area contributed by atoms with Gasteiger partial charge in [-0.3, -0.25) is 0 Å². The summed E-state index contributed by atoms with van der Waals surface area (Å²) >= 11 is 3.41. The highest BCUT2D eigenvalue weighted by atomic mass is 79.9. The lowest BCUT2D eigenvalue weighted by atomic mass is 10.1. The molecular weight excluding hydrogens is 282 g/mol. The molecule has 1 aliphatic rings. The second kappa shape index (κ2) is 4.78. The van der Waals surface area contributed by atoms with Crippen LogP contribution in [0.1, 0.15) is 35.7 Å². The van der Waals surface area contributed by atoms with Crippen molar-refractivity contribution < 1.29 is 9.90 Å². The van der Waals surface area contributed by atoms with E-state index in [9.17, 15) is 4.79 Å². The highest BCUT2D eigenvalue weighted by molar-refractivity contribution is 9.10. The minimum absolute atomic E-state index is 0.315. The lowest BCUT2D eigenvalue weighted by Crippen LogP contribution is -2.21. The Bertz CT molecular complexity index is 441. The molecule has 1 aromatic rings. The molecule has 1 fully saturated rings. The lowest BCUT2D eigenvalue weighted by molar-refractivity contribution is 0.0697. The first-order valence-electron chi connectivity index (χ1n) is 5.73. The number of rotatable bonds is 5. The molecule has 1 aromatic carbocycles. The van der Waals surface area contributed by atoms with E-state index in [2.05, 4.69) is 28.2 Å². The van der Waals surface area contributed by atoms with E-state index >= 15 is 0 Å². The van der Waals surface area contributed by atoms with Gasteiger partial charge < -0.3 is 10.4 Å². The fourth-order valence-electron chi connectivity index (χ4n) is 1.71. The molecule has 0 heterocycles. The number of carboxylic acids is 1. The monoisotopic (exact) mass is 297 g/mol. The molecule has 0 atom stereocenters. The molecule has 0 bridgehead atoms. The lowest BCUT2D eigenvalue weighted by Gasteiger charge is -2.11. The van der Waals surface area contributed by atoms with Crippen LogP contribution in [0.4, 0.5) is 0 Å². The molecule has 4 heteroatoms. The summed E-state index contributed by atoms with van der Waals surface area (Å²) < 4.78 is 0.853. The van der Waals surface area contributed by atoms with E-state index in [-0.39, 0.29) is 0 Å². The molecule has 2 N–H and O–H groups in total. The quantitative estimate of drug-likeness (QED) is 0.878. The smallest absolute Gasteiger partial charge is 0.335 e. The minimum Gasteiger partial charge on any atom is -0.478 e. The molecule has 1 saturated carbocycles. The number of hydrogen-bond acceptors (Lipinski definition) is 2. The molecular formula is C13H16BrNO2. The third-order valence-electron chi connectivity index (χ3n) is 3.27. The number of carbonyl (C=O) groups is 1. The van der Waals surface area contributed by atoms with Crippen molar-refractivity contribution in [1.29, 1.82) is 0 Å². The molecule has 0 saturated heterocycles. The van der Waals surface area contributed by atoms with Gasteiger partial charge in [-0.2, -0.15) is 0 Å². The summed E-state index contributed by atoms with van der Waals surface area (Å²) in [6, 6.07) is 5.15. The third-order valence-corrected chi connectivity index (χ3v) is 4.01. The second-order valence-electron chi connectivity index (χ2n) is 5.03. The number of aromatic carboxylic acids is 1. The second-order valence-corrected chi connectivity index (χ2v) is 5.88. The van der Waals surface area contributed by atoms with Crippen LogP contribution in [0, 0.1) is 5.41 Å². The summed E-state index contributed by atoms with van der Waals surface area (Å²) in [6.45, 7) is 4.08. The summed E-state index contributed by atoms with van der Waals surface area (Å²) in [5.74, 6) is -0.893. The summed E-state index contributed by atoms with van der Waals surface area (Å²) in [5.41, 5.74) is 1.90. The minimum atomic E-state index is -0.893. The van der Waals surface area contributed by atoms with Gasteiger partial charge in [0.1, 0.15) is 0 Å². The van der Waals surface area contributed by atoms with Crippen LogP contribution in [0.25, 0.3) is 0 Å². The highest BCUT2D eigenvalue weighted by Crippen LogP contribution is 2.44. The van der Waals surface area contributed by atoms with Crippen molar-refractivity contribution in [3.05, 3.63) is 33.8 Å². The van der Waals surface area contributed by atoms with E-state index in [1.165, 1.54) is 12.8 Å². The van der Waals surface area contributed by atoms with Gasteiger partial charge in [0, 0.05) is 17.6 Å². The van der Waals surface area contributed by atoms with E-state index in [0.717, 1.165) is 23.1 Å². The molecule has 0 aromatic heterocycles. The Kier molecular flexibility index (Phi) is 3.54. The highest BCUT2D eigenvalue weighted by Gasteiger charge is 2.36. The Labute approximate surface area is 109 Å². The van der Waals surface area contributed by atoms with Crippen molar-refractivity contribution in [2.24, 2.45) is 5.41 Å². The van der Waals surface area contributed by atoms with Crippen LogP contribution in [-0.4, -0.2) is 17.6 Å². The zero-order valence-corrected chi connectivity index (χ0v) is 11.4. The molecule has 0 unspecified atom stereocenters. The Morgan fingerprint density at radius 1 is 1.53 bits per heavy atom. The SMILES string of the molecule is CC1(CNCc2ccc(C(=O)O)cc2Br)CC1. The van der Waals surface area contributed by atoms with E-state index in [4.69, 9.17) is 5.11 Å². The fourth-order valence-corrected chi connectivity index (χ4v) is 2.23. The molecule has 17 heavy (non-hydrogen) atoms. The normalized spacial score (nSPS) is 16.8. The van der Waals surface area contributed by atoms with Gasteiger partial charge in [0.05, 0.1) is 5.56 Å². The maximum absolute atomic E-state index is 10.8. The number of benzene rings is 1. The van der Waals surface area contributed by atoms with Gasteiger partial charge in [-0.1, -0.05) is 28.9 Å². The average Bonchev–Trinajstić information content (AvgIpc) is 2.99. The average molecular weight is 298 g/mol. The van der Waals surface area contributed by atoms with Crippen molar-refractivity contribution in [2.45, 2.75) is 26.3 Å². The number of halogens is 1. The van der Waals surface area contributed by atoms with Crippen molar-refractivity contribution in [3.8, 4) is 0 Å². The van der Waals surface area contributed by atoms with Crippen LogP contribution < -0.4 is 5.32 Å². The van der Waals surface area contributed by atoms with Gasteiger partial charge in [0.25, 0.3) is 0 Å². The van der Waals surface area contributed by atoms with Gasteiger partial charge in [0.15, 0.2) is 0 Å². The van der Waals surface area contributed by atoms with E-state index in [0.29, 0.717) is 11.0 Å². The van der Waals surface area contributed by atoms with Crippen LogP contribution in [0.3, 0.4) is 0 Å². The van der Waals surface area contributed by atoms with Gasteiger partial charge in [-0.15, -0.1) is 0 Å². The molecule has 3 nitrogen and oxygen atoms in total. The summed E-state index contributed by atoms with van der Waals surface area (Å²) in [4.78, 5) is 10.8. The Hall–Kier alpha value is -0.870.